The van der Waals surface area contributed by atoms with Gasteiger partial charge in [-0.25, -0.2) is 4.39 Å². The predicted octanol–water partition coefficient (Wildman–Crippen LogP) is 4.71. The fraction of sp³-hybridized carbons (Fsp3) is 0.211. The summed E-state index contributed by atoms with van der Waals surface area (Å²) in [5, 5.41) is 3.81. The van der Waals surface area contributed by atoms with Gasteiger partial charge in [-0.05, 0) is 54.8 Å². The summed E-state index contributed by atoms with van der Waals surface area (Å²) in [5.74, 6) is 0.0560. The topological polar surface area (TPSA) is 44.9 Å². The SMILES string of the molecule is O=C(Nc1ccc(-c2cc3cc(F)ccc3[nH]2)cc1)C1CCC1. The van der Waals surface area contributed by atoms with E-state index in [4.69, 9.17) is 0 Å². The first kappa shape index (κ1) is 14.0. The smallest absolute Gasteiger partial charge is 0.227 e. The van der Waals surface area contributed by atoms with E-state index < -0.39 is 0 Å². The Morgan fingerprint density at radius 3 is 2.57 bits per heavy atom. The van der Waals surface area contributed by atoms with Crippen molar-refractivity contribution >= 4 is 22.5 Å². The number of anilines is 1. The minimum absolute atomic E-state index is 0.116. The number of carbonyl (C=O) groups excluding carboxylic acids is 1. The third kappa shape index (κ3) is 2.72. The van der Waals surface area contributed by atoms with E-state index in [2.05, 4.69) is 10.3 Å². The van der Waals surface area contributed by atoms with Crippen molar-refractivity contribution in [1.29, 1.82) is 0 Å². The van der Waals surface area contributed by atoms with E-state index in [1.54, 1.807) is 6.07 Å². The van der Waals surface area contributed by atoms with Crippen molar-refractivity contribution in [3.05, 3.63) is 54.3 Å². The van der Waals surface area contributed by atoms with Crippen LogP contribution in [0.25, 0.3) is 22.2 Å². The Labute approximate surface area is 133 Å². The lowest BCUT2D eigenvalue weighted by Crippen LogP contribution is -2.27. The van der Waals surface area contributed by atoms with Crippen LogP contribution in [-0.2, 0) is 4.79 Å². The highest BCUT2D eigenvalue weighted by atomic mass is 19.1. The molecule has 0 spiro atoms. The van der Waals surface area contributed by atoms with Gasteiger partial charge in [0.15, 0.2) is 0 Å². The highest BCUT2D eigenvalue weighted by Crippen LogP contribution is 2.29. The average Bonchev–Trinajstić information content (AvgIpc) is 2.89. The number of rotatable bonds is 3. The number of nitrogens with one attached hydrogen (secondary N) is 2. The molecule has 2 aromatic carbocycles. The normalized spacial score (nSPS) is 14.7. The molecule has 0 saturated heterocycles. The first-order valence-electron chi connectivity index (χ1n) is 7.89. The maximum Gasteiger partial charge on any atom is 0.227 e. The number of halogens is 1. The summed E-state index contributed by atoms with van der Waals surface area (Å²) in [6, 6.07) is 14.3. The van der Waals surface area contributed by atoms with Crippen molar-refractivity contribution in [2.45, 2.75) is 19.3 Å². The number of benzene rings is 2. The Kier molecular flexibility index (Phi) is 3.37. The molecular formula is C19H17FN2O. The van der Waals surface area contributed by atoms with Crippen LogP contribution >= 0.6 is 0 Å². The number of aromatic nitrogens is 1. The summed E-state index contributed by atoms with van der Waals surface area (Å²) in [5.41, 5.74) is 3.65. The second-order valence-electron chi connectivity index (χ2n) is 6.11. The van der Waals surface area contributed by atoms with Crippen molar-refractivity contribution < 1.29 is 9.18 Å². The monoisotopic (exact) mass is 308 g/mol. The third-order valence-corrected chi connectivity index (χ3v) is 4.52. The largest absolute Gasteiger partial charge is 0.355 e. The molecule has 1 saturated carbocycles. The first-order chi connectivity index (χ1) is 11.2. The molecule has 0 atom stereocenters. The summed E-state index contributed by atoms with van der Waals surface area (Å²) in [6.45, 7) is 0. The lowest BCUT2D eigenvalue weighted by atomic mass is 9.85. The molecule has 0 bridgehead atoms. The number of amides is 1. The van der Waals surface area contributed by atoms with Crippen molar-refractivity contribution in [2.75, 3.05) is 5.32 Å². The molecule has 1 aliphatic carbocycles. The second kappa shape index (κ2) is 5.54. The van der Waals surface area contributed by atoms with Gasteiger partial charge in [0.1, 0.15) is 5.82 Å². The number of fused-ring (bicyclic) bond motifs is 1. The van der Waals surface area contributed by atoms with Crippen LogP contribution in [0, 0.1) is 11.7 Å². The van der Waals surface area contributed by atoms with Crippen LogP contribution in [0.1, 0.15) is 19.3 Å². The molecule has 116 valence electrons. The summed E-state index contributed by atoms with van der Waals surface area (Å²) < 4.78 is 13.3. The van der Waals surface area contributed by atoms with Gasteiger partial charge in [-0.15, -0.1) is 0 Å². The van der Waals surface area contributed by atoms with E-state index in [1.807, 2.05) is 30.3 Å². The van der Waals surface area contributed by atoms with Crippen LogP contribution < -0.4 is 5.32 Å². The molecule has 1 amide bonds. The number of hydrogen-bond donors (Lipinski definition) is 2. The number of aromatic amines is 1. The molecule has 1 heterocycles. The van der Waals surface area contributed by atoms with Crippen molar-refractivity contribution in [2.24, 2.45) is 5.92 Å². The van der Waals surface area contributed by atoms with Gasteiger partial charge in [-0.2, -0.15) is 0 Å². The summed E-state index contributed by atoms with van der Waals surface area (Å²) in [4.78, 5) is 15.2. The minimum Gasteiger partial charge on any atom is -0.355 e. The average molecular weight is 308 g/mol. The minimum atomic E-state index is -0.239. The van der Waals surface area contributed by atoms with Gasteiger partial charge in [-0.3, -0.25) is 4.79 Å². The number of carbonyl (C=O) groups is 1. The Bertz CT molecular complexity index is 863. The van der Waals surface area contributed by atoms with Crippen LogP contribution in [0.2, 0.25) is 0 Å². The van der Waals surface area contributed by atoms with Crippen molar-refractivity contribution in [1.82, 2.24) is 4.98 Å². The van der Waals surface area contributed by atoms with Gasteiger partial charge >= 0.3 is 0 Å². The van der Waals surface area contributed by atoms with Gasteiger partial charge in [0.2, 0.25) is 5.91 Å². The number of hydrogen-bond acceptors (Lipinski definition) is 1. The molecule has 2 N–H and O–H groups in total. The highest BCUT2D eigenvalue weighted by molar-refractivity contribution is 5.93. The third-order valence-electron chi connectivity index (χ3n) is 4.52. The highest BCUT2D eigenvalue weighted by Gasteiger charge is 2.25. The van der Waals surface area contributed by atoms with Crippen LogP contribution in [0.3, 0.4) is 0 Å². The zero-order valence-electron chi connectivity index (χ0n) is 12.6. The molecule has 3 aromatic rings. The zero-order valence-corrected chi connectivity index (χ0v) is 12.6. The Morgan fingerprint density at radius 1 is 1.09 bits per heavy atom. The zero-order chi connectivity index (χ0) is 15.8. The molecule has 0 radical (unpaired) electrons. The Balaban J connectivity index is 1.55. The van der Waals surface area contributed by atoms with E-state index in [0.717, 1.165) is 47.1 Å². The molecular weight excluding hydrogens is 291 g/mol. The van der Waals surface area contributed by atoms with Crippen molar-refractivity contribution in [3.8, 4) is 11.3 Å². The fourth-order valence-corrected chi connectivity index (χ4v) is 2.91. The summed E-state index contributed by atoms with van der Waals surface area (Å²) in [7, 11) is 0. The second-order valence-corrected chi connectivity index (χ2v) is 6.11. The van der Waals surface area contributed by atoms with E-state index in [1.165, 1.54) is 12.1 Å². The maximum absolute atomic E-state index is 13.3. The Hall–Kier alpha value is -2.62. The molecule has 4 heteroatoms. The lowest BCUT2D eigenvalue weighted by molar-refractivity contribution is -0.122. The van der Waals surface area contributed by atoms with Gasteiger partial charge in [-0.1, -0.05) is 18.6 Å². The molecule has 23 heavy (non-hydrogen) atoms. The maximum atomic E-state index is 13.3. The molecule has 1 fully saturated rings. The van der Waals surface area contributed by atoms with E-state index in [-0.39, 0.29) is 17.6 Å². The molecule has 3 nitrogen and oxygen atoms in total. The van der Waals surface area contributed by atoms with Crippen LogP contribution in [0.4, 0.5) is 10.1 Å². The molecule has 1 aromatic heterocycles. The lowest BCUT2D eigenvalue weighted by Gasteiger charge is -2.24. The Morgan fingerprint density at radius 2 is 1.87 bits per heavy atom. The predicted molar refractivity (Wildman–Crippen MR) is 89.7 cm³/mol. The summed E-state index contributed by atoms with van der Waals surface area (Å²) >= 11 is 0. The standard InChI is InChI=1S/C19H17FN2O/c20-15-6-9-17-14(10-15)11-18(22-17)12-4-7-16(8-5-12)21-19(23)13-2-1-3-13/h4-11,13,22H,1-3H2,(H,21,23). The molecule has 0 aliphatic heterocycles. The van der Waals surface area contributed by atoms with E-state index in [9.17, 15) is 9.18 Å². The molecule has 1 aliphatic rings. The van der Waals surface area contributed by atoms with Crippen LogP contribution in [-0.4, -0.2) is 10.9 Å². The summed E-state index contributed by atoms with van der Waals surface area (Å²) in [6.07, 6.45) is 3.14. The molecule has 4 rings (SSSR count). The van der Waals surface area contributed by atoms with Gasteiger partial charge < -0.3 is 10.3 Å². The fourth-order valence-electron chi connectivity index (χ4n) is 2.91. The first-order valence-corrected chi connectivity index (χ1v) is 7.89. The van der Waals surface area contributed by atoms with Crippen LogP contribution in [0.5, 0.6) is 0 Å². The van der Waals surface area contributed by atoms with E-state index in [0.29, 0.717) is 0 Å². The van der Waals surface area contributed by atoms with Gasteiger partial charge in [0.25, 0.3) is 0 Å². The van der Waals surface area contributed by atoms with Gasteiger partial charge in [0.05, 0.1) is 0 Å². The molecule has 0 unspecified atom stereocenters. The van der Waals surface area contributed by atoms with Crippen molar-refractivity contribution in [3.63, 3.8) is 0 Å². The van der Waals surface area contributed by atoms with Gasteiger partial charge in [0, 0.05) is 28.2 Å². The van der Waals surface area contributed by atoms with Crippen LogP contribution in [0.15, 0.2) is 48.5 Å². The quantitative estimate of drug-likeness (QED) is 0.723. The number of H-pyrrole nitrogens is 1. The van der Waals surface area contributed by atoms with E-state index >= 15 is 0 Å².